The van der Waals surface area contributed by atoms with Gasteiger partial charge in [-0.3, -0.25) is 4.79 Å². The predicted molar refractivity (Wildman–Crippen MR) is 73.7 cm³/mol. The lowest BCUT2D eigenvalue weighted by Gasteiger charge is -2.29. The van der Waals surface area contributed by atoms with E-state index < -0.39 is 15.1 Å². The SMILES string of the molecule is O=C(C1CCC1)N1CCC(S(=O)(=O)Cc2ccco2)C1. The summed E-state index contributed by atoms with van der Waals surface area (Å²) < 4.78 is 29.8. The van der Waals surface area contributed by atoms with E-state index >= 15 is 0 Å². The minimum atomic E-state index is -3.25. The van der Waals surface area contributed by atoms with Crippen molar-refractivity contribution in [3.8, 4) is 0 Å². The van der Waals surface area contributed by atoms with E-state index in [1.54, 1.807) is 17.0 Å². The molecule has 1 atom stereocenters. The van der Waals surface area contributed by atoms with Crippen LogP contribution in [0.1, 0.15) is 31.4 Å². The fourth-order valence-electron chi connectivity index (χ4n) is 2.85. The summed E-state index contributed by atoms with van der Waals surface area (Å²) in [6.45, 7) is 0.912. The van der Waals surface area contributed by atoms with Crippen molar-refractivity contribution in [3.05, 3.63) is 24.2 Å². The molecular formula is C14H19NO4S. The molecule has 0 N–H and O–H groups in total. The minimum Gasteiger partial charge on any atom is -0.468 e. The van der Waals surface area contributed by atoms with Crippen LogP contribution >= 0.6 is 0 Å². The average molecular weight is 297 g/mol. The van der Waals surface area contributed by atoms with Gasteiger partial charge in [0.1, 0.15) is 11.5 Å². The number of rotatable bonds is 4. The maximum atomic E-state index is 12.3. The van der Waals surface area contributed by atoms with Gasteiger partial charge in [-0.05, 0) is 31.4 Å². The van der Waals surface area contributed by atoms with Gasteiger partial charge in [-0.15, -0.1) is 0 Å². The molecule has 1 unspecified atom stereocenters. The summed E-state index contributed by atoms with van der Waals surface area (Å²) in [5, 5.41) is -0.448. The van der Waals surface area contributed by atoms with E-state index in [0.717, 1.165) is 19.3 Å². The second-order valence-corrected chi connectivity index (χ2v) is 7.99. The van der Waals surface area contributed by atoms with Crippen molar-refractivity contribution in [1.82, 2.24) is 4.90 Å². The summed E-state index contributed by atoms with van der Waals surface area (Å²) in [7, 11) is -3.25. The summed E-state index contributed by atoms with van der Waals surface area (Å²) in [4.78, 5) is 13.9. The first-order chi connectivity index (χ1) is 9.56. The molecule has 0 spiro atoms. The van der Waals surface area contributed by atoms with E-state index in [0.29, 0.717) is 25.3 Å². The van der Waals surface area contributed by atoms with E-state index in [2.05, 4.69) is 0 Å². The second kappa shape index (κ2) is 5.24. The van der Waals surface area contributed by atoms with Gasteiger partial charge in [0.15, 0.2) is 9.84 Å². The second-order valence-electron chi connectivity index (χ2n) is 5.71. The van der Waals surface area contributed by atoms with Gasteiger partial charge in [0.25, 0.3) is 0 Å². The van der Waals surface area contributed by atoms with Crippen LogP contribution < -0.4 is 0 Å². The number of amides is 1. The molecule has 5 nitrogen and oxygen atoms in total. The van der Waals surface area contributed by atoms with Crippen LogP contribution in [-0.2, 0) is 20.4 Å². The van der Waals surface area contributed by atoms with Crippen molar-refractivity contribution >= 4 is 15.7 Å². The van der Waals surface area contributed by atoms with Crippen molar-refractivity contribution in [2.75, 3.05) is 13.1 Å². The Morgan fingerprint density at radius 3 is 2.75 bits per heavy atom. The zero-order valence-corrected chi connectivity index (χ0v) is 12.1. The third-order valence-electron chi connectivity index (χ3n) is 4.34. The highest BCUT2D eigenvalue weighted by molar-refractivity contribution is 7.91. The van der Waals surface area contributed by atoms with Gasteiger partial charge < -0.3 is 9.32 Å². The molecule has 0 radical (unpaired) electrons. The molecule has 20 heavy (non-hydrogen) atoms. The normalized spacial score (nSPS) is 23.8. The number of sulfone groups is 1. The van der Waals surface area contributed by atoms with Crippen LogP contribution in [-0.4, -0.2) is 37.6 Å². The van der Waals surface area contributed by atoms with Crippen LogP contribution in [0.15, 0.2) is 22.8 Å². The van der Waals surface area contributed by atoms with Gasteiger partial charge in [0, 0.05) is 19.0 Å². The third kappa shape index (κ3) is 2.61. The molecule has 1 aliphatic heterocycles. The molecule has 2 aliphatic rings. The Labute approximate surface area is 118 Å². The molecule has 1 saturated heterocycles. The zero-order valence-electron chi connectivity index (χ0n) is 11.3. The highest BCUT2D eigenvalue weighted by Crippen LogP contribution is 2.30. The van der Waals surface area contributed by atoms with Crippen molar-refractivity contribution in [1.29, 1.82) is 0 Å². The molecule has 1 aromatic rings. The summed E-state index contributed by atoms with van der Waals surface area (Å²) in [5.74, 6) is 0.679. The Bertz CT molecular complexity index is 574. The third-order valence-corrected chi connectivity index (χ3v) is 6.43. The molecular weight excluding hydrogens is 278 g/mol. The fraction of sp³-hybridized carbons (Fsp3) is 0.643. The molecule has 2 heterocycles. The van der Waals surface area contributed by atoms with E-state index in [1.165, 1.54) is 6.26 Å². The Kier molecular flexibility index (Phi) is 3.58. The molecule has 0 bridgehead atoms. The van der Waals surface area contributed by atoms with Crippen LogP contribution in [0.5, 0.6) is 0 Å². The van der Waals surface area contributed by atoms with E-state index in [-0.39, 0.29) is 17.6 Å². The smallest absolute Gasteiger partial charge is 0.225 e. The van der Waals surface area contributed by atoms with E-state index in [4.69, 9.17) is 4.42 Å². The molecule has 6 heteroatoms. The van der Waals surface area contributed by atoms with E-state index in [9.17, 15) is 13.2 Å². The van der Waals surface area contributed by atoms with Crippen LogP contribution in [0.3, 0.4) is 0 Å². The largest absolute Gasteiger partial charge is 0.468 e. The molecule has 1 aliphatic carbocycles. The first-order valence-corrected chi connectivity index (χ1v) is 8.80. The van der Waals surface area contributed by atoms with Crippen molar-refractivity contribution < 1.29 is 17.6 Å². The van der Waals surface area contributed by atoms with Crippen molar-refractivity contribution in [2.24, 2.45) is 5.92 Å². The number of likely N-dealkylation sites (tertiary alicyclic amines) is 1. The lowest BCUT2D eigenvalue weighted by molar-refractivity contribution is -0.136. The predicted octanol–water partition coefficient (Wildman–Crippen LogP) is 1.60. The van der Waals surface area contributed by atoms with Crippen molar-refractivity contribution in [2.45, 2.75) is 36.7 Å². The first-order valence-electron chi connectivity index (χ1n) is 7.09. The molecule has 2 fully saturated rings. The van der Waals surface area contributed by atoms with Crippen LogP contribution in [0.2, 0.25) is 0 Å². The number of hydrogen-bond acceptors (Lipinski definition) is 4. The Morgan fingerprint density at radius 2 is 2.15 bits per heavy atom. The lowest BCUT2D eigenvalue weighted by Crippen LogP contribution is -2.38. The van der Waals surface area contributed by atoms with Gasteiger partial charge in [-0.25, -0.2) is 8.42 Å². The maximum Gasteiger partial charge on any atom is 0.225 e. The number of nitrogens with zero attached hydrogens (tertiary/aromatic N) is 1. The Balaban J connectivity index is 1.62. The van der Waals surface area contributed by atoms with Gasteiger partial charge in [0.2, 0.25) is 5.91 Å². The first kappa shape index (κ1) is 13.7. The number of carbonyl (C=O) groups excluding carboxylic acids is 1. The molecule has 0 aromatic carbocycles. The Hall–Kier alpha value is -1.30. The monoisotopic (exact) mass is 297 g/mol. The highest BCUT2D eigenvalue weighted by atomic mass is 32.2. The van der Waals surface area contributed by atoms with Crippen LogP contribution in [0.4, 0.5) is 0 Å². The van der Waals surface area contributed by atoms with Gasteiger partial charge in [-0.2, -0.15) is 0 Å². The summed E-state index contributed by atoms with van der Waals surface area (Å²) in [6.07, 6.45) is 5.05. The number of furan rings is 1. The quantitative estimate of drug-likeness (QED) is 0.846. The zero-order chi connectivity index (χ0) is 14.2. The highest BCUT2D eigenvalue weighted by Gasteiger charge is 2.38. The molecule has 110 valence electrons. The average Bonchev–Trinajstić information content (AvgIpc) is 2.95. The van der Waals surface area contributed by atoms with Gasteiger partial charge in [-0.1, -0.05) is 6.42 Å². The standard InChI is InChI=1S/C14H19NO4S/c16-14(11-3-1-4-11)15-7-6-13(9-15)20(17,18)10-12-5-2-8-19-12/h2,5,8,11,13H,1,3-4,6-7,9-10H2. The summed E-state index contributed by atoms with van der Waals surface area (Å²) in [6, 6.07) is 3.36. The van der Waals surface area contributed by atoms with Gasteiger partial charge in [0.05, 0.1) is 11.5 Å². The molecule has 1 amide bonds. The Morgan fingerprint density at radius 1 is 1.35 bits per heavy atom. The summed E-state index contributed by atoms with van der Waals surface area (Å²) >= 11 is 0. The molecule has 1 saturated carbocycles. The number of hydrogen-bond donors (Lipinski definition) is 0. The van der Waals surface area contributed by atoms with E-state index in [1.807, 2.05) is 0 Å². The van der Waals surface area contributed by atoms with Crippen molar-refractivity contribution in [3.63, 3.8) is 0 Å². The molecule has 1 aromatic heterocycles. The van der Waals surface area contributed by atoms with Crippen LogP contribution in [0.25, 0.3) is 0 Å². The van der Waals surface area contributed by atoms with Gasteiger partial charge >= 0.3 is 0 Å². The number of carbonyl (C=O) groups is 1. The minimum absolute atomic E-state index is 0.0733. The summed E-state index contributed by atoms with van der Waals surface area (Å²) in [5.41, 5.74) is 0. The molecule has 3 rings (SSSR count). The maximum absolute atomic E-state index is 12.3. The topological polar surface area (TPSA) is 67.6 Å². The van der Waals surface area contributed by atoms with Crippen LogP contribution in [0, 0.1) is 5.92 Å². The lowest BCUT2D eigenvalue weighted by atomic mass is 9.84. The fourth-order valence-corrected chi connectivity index (χ4v) is 4.51.